The molecule has 3 rings (SSSR count). The SMILES string of the molecule is Cc1c(C)c(C)c(CCC2CCC(CCC3CCC(CC=C(F)F)CC3)CC2)c(C)c1C. The Hall–Kier alpha value is -1.18. The lowest BCUT2D eigenvalue weighted by Crippen LogP contribution is -2.18. The molecule has 0 spiro atoms. The Kier molecular flexibility index (Phi) is 9.38. The molecule has 2 saturated carbocycles. The van der Waals surface area contributed by atoms with Crippen LogP contribution in [0.2, 0.25) is 0 Å². The minimum absolute atomic E-state index is 0.497. The highest BCUT2D eigenvalue weighted by molar-refractivity contribution is 5.49. The minimum atomic E-state index is -1.50. The first-order valence-electron chi connectivity index (χ1n) is 13.3. The molecule has 0 nitrogen and oxygen atoms in total. The van der Waals surface area contributed by atoms with Crippen molar-refractivity contribution >= 4 is 0 Å². The summed E-state index contributed by atoms with van der Waals surface area (Å²) in [5, 5.41) is 0. The van der Waals surface area contributed by atoms with Gasteiger partial charge in [0.25, 0.3) is 6.08 Å². The van der Waals surface area contributed by atoms with Gasteiger partial charge in [0.15, 0.2) is 0 Å². The van der Waals surface area contributed by atoms with Crippen molar-refractivity contribution in [1.29, 1.82) is 0 Å². The molecular weight excluding hydrogens is 398 g/mol. The van der Waals surface area contributed by atoms with Crippen molar-refractivity contribution in [3.63, 3.8) is 0 Å². The summed E-state index contributed by atoms with van der Waals surface area (Å²) in [5.74, 6) is 3.19. The third-order valence-electron chi connectivity index (χ3n) is 9.48. The van der Waals surface area contributed by atoms with E-state index in [1.807, 2.05) is 0 Å². The second-order valence-corrected chi connectivity index (χ2v) is 11.2. The average Bonchev–Trinajstić information content (AvgIpc) is 2.80. The van der Waals surface area contributed by atoms with E-state index in [2.05, 4.69) is 34.6 Å². The highest BCUT2D eigenvalue weighted by Crippen LogP contribution is 2.39. The number of hydrogen-bond donors (Lipinski definition) is 0. The van der Waals surface area contributed by atoms with Crippen molar-refractivity contribution in [1.82, 2.24) is 0 Å². The van der Waals surface area contributed by atoms with E-state index in [0.717, 1.165) is 36.7 Å². The molecular formula is C30H46F2. The average molecular weight is 445 g/mol. The predicted octanol–water partition coefficient (Wildman–Crippen LogP) is 9.72. The molecule has 0 aromatic heterocycles. The molecule has 0 bridgehead atoms. The second-order valence-electron chi connectivity index (χ2n) is 11.2. The molecule has 180 valence electrons. The lowest BCUT2D eigenvalue weighted by atomic mass is 9.74. The largest absolute Gasteiger partial charge is 0.266 e. The zero-order valence-corrected chi connectivity index (χ0v) is 21.3. The summed E-state index contributed by atoms with van der Waals surface area (Å²) < 4.78 is 24.6. The van der Waals surface area contributed by atoms with E-state index in [9.17, 15) is 8.78 Å². The van der Waals surface area contributed by atoms with E-state index in [-0.39, 0.29) is 0 Å². The van der Waals surface area contributed by atoms with Crippen LogP contribution in [0.25, 0.3) is 0 Å². The van der Waals surface area contributed by atoms with E-state index in [4.69, 9.17) is 0 Å². The topological polar surface area (TPSA) is 0 Å². The number of hydrogen-bond acceptors (Lipinski definition) is 0. The first kappa shape index (κ1) is 25.4. The van der Waals surface area contributed by atoms with Gasteiger partial charge in [-0.15, -0.1) is 0 Å². The standard InChI is InChI=1S/C30H46F2/c1-20-21(2)23(4)29(24(5)22(20)3)18-16-27-12-8-25(9-13-27)6-7-26-10-14-28(15-11-26)17-19-30(31)32/h19,25-28H,6-18H2,1-5H3. The fraction of sp³-hybridized carbons (Fsp3) is 0.733. The lowest BCUT2D eigenvalue weighted by Gasteiger charge is -2.32. The number of benzene rings is 1. The zero-order valence-electron chi connectivity index (χ0n) is 21.3. The lowest BCUT2D eigenvalue weighted by molar-refractivity contribution is 0.213. The van der Waals surface area contributed by atoms with E-state index >= 15 is 0 Å². The van der Waals surface area contributed by atoms with Crippen molar-refractivity contribution in [3.8, 4) is 0 Å². The van der Waals surface area contributed by atoms with Gasteiger partial charge in [-0.2, -0.15) is 8.78 Å². The molecule has 0 aliphatic heterocycles. The number of halogens is 2. The molecule has 0 atom stereocenters. The Balaban J connectivity index is 1.36. The van der Waals surface area contributed by atoms with Crippen LogP contribution in [-0.2, 0) is 6.42 Å². The normalized spacial score (nSPS) is 26.2. The second kappa shape index (κ2) is 11.8. The maximum absolute atomic E-state index is 12.3. The molecule has 0 unspecified atom stereocenters. The summed E-state index contributed by atoms with van der Waals surface area (Å²) in [6.07, 6.45) is 16.1. The molecule has 32 heavy (non-hydrogen) atoms. The monoisotopic (exact) mass is 444 g/mol. The molecule has 0 radical (unpaired) electrons. The van der Waals surface area contributed by atoms with Gasteiger partial charge in [-0.25, -0.2) is 0 Å². The van der Waals surface area contributed by atoms with E-state index < -0.39 is 6.08 Å². The summed E-state index contributed by atoms with van der Waals surface area (Å²) in [6, 6.07) is 0. The van der Waals surface area contributed by atoms with Gasteiger partial charge in [0, 0.05) is 0 Å². The van der Waals surface area contributed by atoms with Gasteiger partial charge < -0.3 is 0 Å². The fourth-order valence-electron chi connectivity index (χ4n) is 6.59. The van der Waals surface area contributed by atoms with Crippen LogP contribution >= 0.6 is 0 Å². The summed E-state index contributed by atoms with van der Waals surface area (Å²) in [7, 11) is 0. The van der Waals surface area contributed by atoms with Gasteiger partial charge in [0.1, 0.15) is 0 Å². The van der Waals surface area contributed by atoms with Gasteiger partial charge in [0.2, 0.25) is 0 Å². The van der Waals surface area contributed by atoms with Gasteiger partial charge in [-0.05, 0) is 130 Å². The summed E-state index contributed by atoms with van der Waals surface area (Å²) >= 11 is 0. The maximum atomic E-state index is 12.3. The first-order chi connectivity index (χ1) is 15.3. The fourth-order valence-corrected chi connectivity index (χ4v) is 6.59. The van der Waals surface area contributed by atoms with Crippen LogP contribution < -0.4 is 0 Å². The summed E-state index contributed by atoms with van der Waals surface area (Å²) in [6.45, 7) is 11.5. The van der Waals surface area contributed by atoms with Crippen LogP contribution in [0.4, 0.5) is 8.78 Å². The molecule has 0 amide bonds. The van der Waals surface area contributed by atoms with Gasteiger partial charge in [0.05, 0.1) is 0 Å². The molecule has 0 saturated heterocycles. The molecule has 2 fully saturated rings. The van der Waals surface area contributed by atoms with E-state index in [1.165, 1.54) is 92.0 Å². The molecule has 2 aliphatic rings. The van der Waals surface area contributed by atoms with Crippen LogP contribution in [0.1, 0.15) is 110 Å². The van der Waals surface area contributed by atoms with E-state index in [0.29, 0.717) is 12.3 Å². The maximum Gasteiger partial charge on any atom is 0.266 e. The smallest absolute Gasteiger partial charge is 0.174 e. The Morgan fingerprint density at radius 3 is 1.41 bits per heavy atom. The van der Waals surface area contributed by atoms with Crippen molar-refractivity contribution in [2.24, 2.45) is 23.7 Å². The minimum Gasteiger partial charge on any atom is -0.174 e. The zero-order chi connectivity index (χ0) is 23.3. The molecule has 2 heteroatoms. The predicted molar refractivity (Wildman–Crippen MR) is 133 cm³/mol. The third-order valence-corrected chi connectivity index (χ3v) is 9.48. The molecule has 0 heterocycles. The number of allylic oxidation sites excluding steroid dienone is 1. The Morgan fingerprint density at radius 1 is 0.594 bits per heavy atom. The van der Waals surface area contributed by atoms with Crippen molar-refractivity contribution in [3.05, 3.63) is 45.5 Å². The molecule has 1 aromatic carbocycles. The van der Waals surface area contributed by atoms with Gasteiger partial charge >= 0.3 is 0 Å². The van der Waals surface area contributed by atoms with E-state index in [1.54, 1.807) is 5.56 Å². The molecule has 0 N–H and O–H groups in total. The molecule has 1 aromatic rings. The third kappa shape index (κ3) is 6.67. The number of rotatable bonds is 8. The van der Waals surface area contributed by atoms with Crippen LogP contribution in [0.5, 0.6) is 0 Å². The highest BCUT2D eigenvalue weighted by Gasteiger charge is 2.25. The van der Waals surface area contributed by atoms with Crippen LogP contribution in [0.3, 0.4) is 0 Å². The van der Waals surface area contributed by atoms with Crippen LogP contribution in [0.15, 0.2) is 12.2 Å². The Bertz CT molecular complexity index is 742. The van der Waals surface area contributed by atoms with Crippen molar-refractivity contribution in [2.45, 2.75) is 118 Å². The molecule has 2 aliphatic carbocycles. The Morgan fingerprint density at radius 2 is 0.969 bits per heavy atom. The van der Waals surface area contributed by atoms with Gasteiger partial charge in [-0.3, -0.25) is 0 Å². The summed E-state index contributed by atoms with van der Waals surface area (Å²) in [4.78, 5) is 0. The van der Waals surface area contributed by atoms with Gasteiger partial charge in [-0.1, -0.05) is 51.4 Å². The first-order valence-corrected chi connectivity index (χ1v) is 13.3. The quantitative estimate of drug-likeness (QED) is 0.374. The highest BCUT2D eigenvalue weighted by atomic mass is 19.3. The Labute approximate surface area is 196 Å². The van der Waals surface area contributed by atoms with Crippen LogP contribution in [0, 0.1) is 58.3 Å². The summed E-state index contributed by atoms with van der Waals surface area (Å²) in [5.41, 5.74) is 9.13. The van der Waals surface area contributed by atoms with Crippen LogP contribution in [-0.4, -0.2) is 0 Å². The van der Waals surface area contributed by atoms with Crippen molar-refractivity contribution in [2.75, 3.05) is 0 Å². The van der Waals surface area contributed by atoms with Crippen molar-refractivity contribution < 1.29 is 8.78 Å².